The molecule has 1 aromatic carbocycles. The Labute approximate surface area is 145 Å². The van der Waals surface area contributed by atoms with E-state index in [4.69, 9.17) is 9.47 Å². The Morgan fingerprint density at radius 2 is 2.00 bits per heavy atom. The third-order valence-electron chi connectivity index (χ3n) is 4.24. The molecule has 0 amide bonds. The lowest BCUT2D eigenvalue weighted by Gasteiger charge is -2.22. The molecule has 0 radical (unpaired) electrons. The number of fused-ring (bicyclic) bond motifs is 1. The van der Waals surface area contributed by atoms with Crippen LogP contribution in [0.25, 0.3) is 11.3 Å². The number of aromatic amines is 1. The topological polar surface area (TPSA) is 93.5 Å². The summed E-state index contributed by atoms with van der Waals surface area (Å²) in [5.74, 6) is 0.750. The number of hydrogen-bond donors (Lipinski definition) is 1. The first-order chi connectivity index (χ1) is 12.0. The number of nitrogens with zero attached hydrogens (tertiary/aromatic N) is 3. The van der Waals surface area contributed by atoms with Gasteiger partial charge in [0.25, 0.3) is 0 Å². The van der Waals surface area contributed by atoms with Crippen LogP contribution in [0.5, 0.6) is 11.5 Å². The zero-order valence-corrected chi connectivity index (χ0v) is 14.7. The quantitative estimate of drug-likeness (QED) is 0.638. The molecular weight excluding hydrogens is 324 g/mol. The molecule has 25 heavy (non-hydrogen) atoms. The largest absolute Gasteiger partial charge is 0.493 e. The van der Waals surface area contributed by atoms with Crippen LogP contribution in [0, 0.1) is 10.1 Å². The van der Waals surface area contributed by atoms with E-state index in [1.54, 1.807) is 13.0 Å². The van der Waals surface area contributed by atoms with Gasteiger partial charge in [-0.25, -0.2) is 0 Å². The second-order valence-corrected chi connectivity index (χ2v) is 5.96. The van der Waals surface area contributed by atoms with Crippen molar-refractivity contribution in [2.75, 3.05) is 26.8 Å². The molecule has 1 aromatic heterocycles. The maximum atomic E-state index is 11.5. The molecule has 0 bridgehead atoms. The molecule has 0 atom stereocenters. The molecule has 2 heterocycles. The maximum Gasteiger partial charge on any atom is 0.311 e. The van der Waals surface area contributed by atoms with Gasteiger partial charge in [-0.05, 0) is 20.9 Å². The number of likely N-dealkylation sites (N-methyl/N-ethyl adjacent to an activating group) is 1. The molecule has 1 aliphatic rings. The van der Waals surface area contributed by atoms with Gasteiger partial charge in [0.05, 0.1) is 23.7 Å². The van der Waals surface area contributed by atoms with Crippen LogP contribution in [0.15, 0.2) is 12.1 Å². The van der Waals surface area contributed by atoms with Crippen LogP contribution < -0.4 is 9.47 Å². The fourth-order valence-electron chi connectivity index (χ4n) is 3.08. The standard InChI is InChI=1S/C17H22N4O4/c1-4-24-15-9-16(25-5-2)14(21(22)23)8-11(15)17-12-10-20(3)7-6-13(12)18-19-17/h8-9H,4-7,10H2,1-3H3,(H,18,19). The molecule has 8 heteroatoms. The van der Waals surface area contributed by atoms with E-state index in [0.717, 1.165) is 30.8 Å². The van der Waals surface area contributed by atoms with E-state index in [2.05, 4.69) is 15.1 Å². The van der Waals surface area contributed by atoms with E-state index in [-0.39, 0.29) is 11.4 Å². The predicted octanol–water partition coefficient (Wildman–Crippen LogP) is 2.77. The summed E-state index contributed by atoms with van der Waals surface area (Å²) in [6.07, 6.45) is 0.877. The number of hydrogen-bond acceptors (Lipinski definition) is 6. The average molecular weight is 346 g/mol. The summed E-state index contributed by atoms with van der Waals surface area (Å²) >= 11 is 0. The number of aromatic nitrogens is 2. The Morgan fingerprint density at radius 3 is 2.68 bits per heavy atom. The summed E-state index contributed by atoms with van der Waals surface area (Å²) < 4.78 is 11.2. The lowest BCUT2D eigenvalue weighted by Crippen LogP contribution is -2.26. The van der Waals surface area contributed by atoms with Gasteiger partial charge in [0, 0.05) is 42.9 Å². The number of H-pyrrole nitrogens is 1. The zero-order valence-electron chi connectivity index (χ0n) is 14.7. The molecule has 1 N–H and O–H groups in total. The Kier molecular flexibility index (Phi) is 4.89. The average Bonchev–Trinajstić information content (AvgIpc) is 2.98. The lowest BCUT2D eigenvalue weighted by molar-refractivity contribution is -0.385. The van der Waals surface area contributed by atoms with Crippen LogP contribution >= 0.6 is 0 Å². The summed E-state index contributed by atoms with van der Waals surface area (Å²) in [4.78, 5) is 13.2. The van der Waals surface area contributed by atoms with Crippen molar-refractivity contribution in [2.24, 2.45) is 0 Å². The van der Waals surface area contributed by atoms with Crippen molar-refractivity contribution in [2.45, 2.75) is 26.8 Å². The number of nitro groups is 1. The van der Waals surface area contributed by atoms with E-state index >= 15 is 0 Å². The minimum atomic E-state index is -0.435. The number of nitrogens with one attached hydrogen (secondary N) is 1. The number of ether oxygens (including phenoxy) is 2. The summed E-state index contributed by atoms with van der Waals surface area (Å²) in [5.41, 5.74) is 3.38. The van der Waals surface area contributed by atoms with Crippen LogP contribution in [-0.2, 0) is 13.0 Å². The van der Waals surface area contributed by atoms with E-state index in [9.17, 15) is 10.1 Å². The smallest absolute Gasteiger partial charge is 0.311 e. The molecule has 0 unspecified atom stereocenters. The highest BCUT2D eigenvalue weighted by atomic mass is 16.6. The van der Waals surface area contributed by atoms with E-state index < -0.39 is 4.92 Å². The van der Waals surface area contributed by atoms with Gasteiger partial charge in [-0.15, -0.1) is 0 Å². The van der Waals surface area contributed by atoms with Gasteiger partial charge in [0.1, 0.15) is 11.4 Å². The Bertz CT molecular complexity index is 787. The second kappa shape index (κ2) is 7.10. The van der Waals surface area contributed by atoms with Crippen molar-refractivity contribution in [3.63, 3.8) is 0 Å². The molecule has 0 spiro atoms. The number of benzene rings is 1. The molecule has 0 fully saturated rings. The molecule has 8 nitrogen and oxygen atoms in total. The molecule has 0 aliphatic carbocycles. The van der Waals surface area contributed by atoms with Crippen molar-refractivity contribution in [3.8, 4) is 22.8 Å². The molecular formula is C17H22N4O4. The first-order valence-electron chi connectivity index (χ1n) is 8.38. The zero-order chi connectivity index (χ0) is 18.0. The van der Waals surface area contributed by atoms with Crippen molar-refractivity contribution in [1.82, 2.24) is 15.1 Å². The van der Waals surface area contributed by atoms with Crippen LogP contribution in [-0.4, -0.2) is 46.8 Å². The first kappa shape index (κ1) is 17.2. The van der Waals surface area contributed by atoms with Crippen molar-refractivity contribution < 1.29 is 14.4 Å². The molecule has 2 aromatic rings. The van der Waals surface area contributed by atoms with Gasteiger partial charge in [-0.3, -0.25) is 15.2 Å². The SMILES string of the molecule is CCOc1cc(OCC)c([N+](=O)[O-])cc1-c1n[nH]c2c1CN(C)CC2. The van der Waals surface area contributed by atoms with Crippen LogP contribution in [0.4, 0.5) is 5.69 Å². The monoisotopic (exact) mass is 346 g/mol. The second-order valence-electron chi connectivity index (χ2n) is 5.96. The van der Waals surface area contributed by atoms with Gasteiger partial charge in [0.15, 0.2) is 0 Å². The van der Waals surface area contributed by atoms with Gasteiger partial charge in [-0.2, -0.15) is 5.10 Å². The maximum absolute atomic E-state index is 11.5. The third-order valence-corrected chi connectivity index (χ3v) is 4.24. The van der Waals surface area contributed by atoms with Gasteiger partial charge in [0.2, 0.25) is 5.75 Å². The van der Waals surface area contributed by atoms with Crippen LogP contribution in [0.3, 0.4) is 0 Å². The van der Waals surface area contributed by atoms with Crippen LogP contribution in [0.2, 0.25) is 0 Å². The summed E-state index contributed by atoms with van der Waals surface area (Å²) in [6.45, 7) is 6.15. The summed E-state index contributed by atoms with van der Waals surface area (Å²) in [6, 6.07) is 3.09. The number of nitro benzene ring substituents is 1. The molecule has 3 rings (SSSR count). The van der Waals surface area contributed by atoms with Crippen molar-refractivity contribution in [1.29, 1.82) is 0 Å². The van der Waals surface area contributed by atoms with Crippen LogP contribution in [0.1, 0.15) is 25.1 Å². The first-order valence-corrected chi connectivity index (χ1v) is 8.38. The van der Waals surface area contributed by atoms with Gasteiger partial charge in [-0.1, -0.05) is 0 Å². The van der Waals surface area contributed by atoms with Gasteiger partial charge >= 0.3 is 5.69 Å². The normalized spacial score (nSPS) is 14.2. The Morgan fingerprint density at radius 1 is 1.28 bits per heavy atom. The fourth-order valence-corrected chi connectivity index (χ4v) is 3.08. The highest BCUT2D eigenvalue weighted by molar-refractivity contribution is 5.76. The van der Waals surface area contributed by atoms with Gasteiger partial charge < -0.3 is 14.4 Å². The Balaban J connectivity index is 2.16. The number of rotatable bonds is 6. The van der Waals surface area contributed by atoms with E-state index in [1.165, 1.54) is 6.07 Å². The highest BCUT2D eigenvalue weighted by Crippen LogP contribution is 2.41. The minimum absolute atomic E-state index is 0.0822. The summed E-state index contributed by atoms with van der Waals surface area (Å²) in [5, 5.41) is 19.0. The summed E-state index contributed by atoms with van der Waals surface area (Å²) in [7, 11) is 2.05. The van der Waals surface area contributed by atoms with E-state index in [0.29, 0.717) is 30.2 Å². The minimum Gasteiger partial charge on any atom is -0.493 e. The third kappa shape index (κ3) is 3.30. The van der Waals surface area contributed by atoms with E-state index in [1.807, 2.05) is 14.0 Å². The highest BCUT2D eigenvalue weighted by Gasteiger charge is 2.27. The Hall–Kier alpha value is -2.61. The predicted molar refractivity (Wildman–Crippen MR) is 93.1 cm³/mol. The fraction of sp³-hybridized carbons (Fsp3) is 0.471. The lowest BCUT2D eigenvalue weighted by atomic mass is 10.00. The van der Waals surface area contributed by atoms with Crippen molar-refractivity contribution >= 4 is 5.69 Å². The molecule has 0 saturated carbocycles. The molecule has 134 valence electrons. The molecule has 1 aliphatic heterocycles. The molecule has 0 saturated heterocycles. The van der Waals surface area contributed by atoms with Crippen molar-refractivity contribution in [3.05, 3.63) is 33.5 Å².